The monoisotopic (exact) mass is 403 g/mol. The van der Waals surface area contributed by atoms with Gasteiger partial charge in [-0.05, 0) is 42.0 Å². The summed E-state index contributed by atoms with van der Waals surface area (Å²) in [5.74, 6) is 2.08. The minimum Gasteiger partial charge on any atom is -0.496 e. The normalized spacial score (nSPS) is 12.4. The Kier molecular flexibility index (Phi) is 5.28. The van der Waals surface area contributed by atoms with Crippen molar-refractivity contribution >= 4 is 27.9 Å². The number of hydrogen-bond donors (Lipinski definition) is 0. The number of halogens is 1. The summed E-state index contributed by atoms with van der Waals surface area (Å²) in [5, 5.41) is 0. The Hall–Kier alpha value is -2.47. The third-order valence-electron chi connectivity index (χ3n) is 3.84. The molecule has 2 aromatic carbocycles. The highest BCUT2D eigenvalue weighted by atomic mass is 79.9. The van der Waals surface area contributed by atoms with Crippen molar-refractivity contribution in [3.8, 4) is 17.2 Å². The van der Waals surface area contributed by atoms with Gasteiger partial charge in [0.2, 0.25) is 12.7 Å². The third-order valence-corrected chi connectivity index (χ3v) is 4.33. The number of likely N-dealkylation sites (N-methyl/N-ethyl adjacent to an activating group) is 1. The number of methoxy groups -OCH3 is 1. The lowest BCUT2D eigenvalue weighted by Gasteiger charge is -2.17. The van der Waals surface area contributed by atoms with Gasteiger partial charge in [-0.25, -0.2) is 0 Å². The molecule has 1 amide bonds. The van der Waals surface area contributed by atoms with Gasteiger partial charge < -0.3 is 19.1 Å². The van der Waals surface area contributed by atoms with Crippen LogP contribution in [-0.4, -0.2) is 31.8 Å². The van der Waals surface area contributed by atoms with Crippen LogP contribution >= 0.6 is 15.9 Å². The smallest absolute Gasteiger partial charge is 0.246 e. The molecule has 0 radical (unpaired) electrons. The van der Waals surface area contributed by atoms with Gasteiger partial charge in [0.1, 0.15) is 5.75 Å². The molecule has 0 aliphatic carbocycles. The molecule has 0 spiro atoms. The second-order valence-electron chi connectivity index (χ2n) is 5.60. The molecule has 5 nitrogen and oxygen atoms in total. The summed E-state index contributed by atoms with van der Waals surface area (Å²) in [4.78, 5) is 14.0. The van der Waals surface area contributed by atoms with E-state index >= 15 is 0 Å². The van der Waals surface area contributed by atoms with E-state index in [1.165, 1.54) is 0 Å². The van der Waals surface area contributed by atoms with Crippen molar-refractivity contribution < 1.29 is 19.0 Å². The highest BCUT2D eigenvalue weighted by Gasteiger charge is 2.13. The van der Waals surface area contributed by atoms with Gasteiger partial charge in [-0.1, -0.05) is 22.0 Å². The number of benzene rings is 2. The van der Waals surface area contributed by atoms with Gasteiger partial charge in [0.05, 0.1) is 7.11 Å². The molecule has 0 bridgehead atoms. The van der Waals surface area contributed by atoms with Crippen LogP contribution in [0, 0.1) is 0 Å². The van der Waals surface area contributed by atoms with E-state index in [0.29, 0.717) is 12.3 Å². The summed E-state index contributed by atoms with van der Waals surface area (Å²) in [6.07, 6.45) is 3.31. The second-order valence-corrected chi connectivity index (χ2v) is 6.51. The van der Waals surface area contributed by atoms with Crippen LogP contribution in [0.1, 0.15) is 11.1 Å². The fourth-order valence-electron chi connectivity index (χ4n) is 2.52. The minimum atomic E-state index is -0.0975. The molecular formula is C19H18BrNO4. The number of hydrogen-bond acceptors (Lipinski definition) is 4. The summed E-state index contributed by atoms with van der Waals surface area (Å²) >= 11 is 3.44. The maximum Gasteiger partial charge on any atom is 0.246 e. The van der Waals surface area contributed by atoms with Gasteiger partial charge in [-0.3, -0.25) is 4.79 Å². The SMILES string of the molecule is COc1ccc(Br)cc1CN(C)C(=O)/C=C/c1ccc2c(c1)OCO2. The van der Waals surface area contributed by atoms with Crippen molar-refractivity contribution in [1.29, 1.82) is 0 Å². The third kappa shape index (κ3) is 4.14. The summed E-state index contributed by atoms with van der Waals surface area (Å²) < 4.78 is 16.9. The molecule has 1 heterocycles. The van der Waals surface area contributed by atoms with Gasteiger partial charge in [0.25, 0.3) is 0 Å². The van der Waals surface area contributed by atoms with Crippen molar-refractivity contribution in [2.75, 3.05) is 21.0 Å². The van der Waals surface area contributed by atoms with Gasteiger partial charge in [0.15, 0.2) is 11.5 Å². The zero-order chi connectivity index (χ0) is 17.8. The van der Waals surface area contributed by atoms with E-state index in [0.717, 1.165) is 27.1 Å². The molecule has 0 fully saturated rings. The number of ether oxygens (including phenoxy) is 3. The molecule has 130 valence electrons. The highest BCUT2D eigenvalue weighted by molar-refractivity contribution is 9.10. The first kappa shape index (κ1) is 17.4. The van der Waals surface area contributed by atoms with Gasteiger partial charge >= 0.3 is 0 Å². The topological polar surface area (TPSA) is 48.0 Å². The molecule has 0 aromatic heterocycles. The number of rotatable bonds is 5. The largest absolute Gasteiger partial charge is 0.496 e. The van der Waals surface area contributed by atoms with E-state index in [-0.39, 0.29) is 12.7 Å². The van der Waals surface area contributed by atoms with E-state index in [1.54, 1.807) is 31.2 Å². The number of carbonyl (C=O) groups is 1. The second kappa shape index (κ2) is 7.61. The highest BCUT2D eigenvalue weighted by Crippen LogP contribution is 2.32. The number of carbonyl (C=O) groups excluding carboxylic acids is 1. The molecule has 2 aromatic rings. The number of nitrogens with zero attached hydrogens (tertiary/aromatic N) is 1. The van der Waals surface area contributed by atoms with Crippen LogP contribution in [0.25, 0.3) is 6.08 Å². The molecule has 0 N–H and O–H groups in total. The van der Waals surface area contributed by atoms with Crippen LogP contribution in [-0.2, 0) is 11.3 Å². The summed E-state index contributed by atoms with van der Waals surface area (Å²) in [6.45, 7) is 0.686. The zero-order valence-electron chi connectivity index (χ0n) is 14.0. The molecular weight excluding hydrogens is 386 g/mol. The Morgan fingerprint density at radius 1 is 1.24 bits per heavy atom. The van der Waals surface area contributed by atoms with Crippen molar-refractivity contribution in [2.45, 2.75) is 6.54 Å². The van der Waals surface area contributed by atoms with Gasteiger partial charge in [-0.15, -0.1) is 0 Å². The summed E-state index contributed by atoms with van der Waals surface area (Å²) in [5.41, 5.74) is 1.82. The van der Waals surface area contributed by atoms with E-state index in [9.17, 15) is 4.79 Å². The van der Waals surface area contributed by atoms with Crippen LogP contribution in [0.3, 0.4) is 0 Å². The predicted octanol–water partition coefficient (Wildman–Crippen LogP) is 3.86. The van der Waals surface area contributed by atoms with E-state index in [2.05, 4.69) is 15.9 Å². The lowest BCUT2D eigenvalue weighted by molar-refractivity contribution is -0.125. The van der Waals surface area contributed by atoms with Crippen LogP contribution in [0.4, 0.5) is 0 Å². The predicted molar refractivity (Wildman–Crippen MR) is 98.8 cm³/mol. The van der Waals surface area contributed by atoms with Gasteiger partial charge in [-0.2, -0.15) is 0 Å². The first-order valence-corrected chi connectivity index (χ1v) is 8.51. The Bertz CT molecular complexity index is 819. The van der Waals surface area contributed by atoms with Crippen LogP contribution in [0.15, 0.2) is 46.9 Å². The fraction of sp³-hybridized carbons (Fsp3) is 0.211. The Labute approximate surface area is 154 Å². The quantitative estimate of drug-likeness (QED) is 0.711. The van der Waals surface area contributed by atoms with Crippen LogP contribution in [0.2, 0.25) is 0 Å². The Balaban J connectivity index is 1.67. The van der Waals surface area contributed by atoms with Crippen molar-refractivity contribution in [1.82, 2.24) is 4.90 Å². The van der Waals surface area contributed by atoms with E-state index in [4.69, 9.17) is 14.2 Å². The standard InChI is InChI=1S/C19H18BrNO4/c1-21(11-14-10-15(20)5-7-16(14)23-2)19(22)8-4-13-3-6-17-18(9-13)25-12-24-17/h3-10H,11-12H2,1-2H3/b8-4+. The van der Waals surface area contributed by atoms with Crippen LogP contribution in [0.5, 0.6) is 17.2 Å². The van der Waals surface area contributed by atoms with Crippen molar-refractivity contribution in [3.05, 3.63) is 58.1 Å². The maximum atomic E-state index is 12.4. The molecule has 0 atom stereocenters. The molecule has 25 heavy (non-hydrogen) atoms. The average Bonchev–Trinajstić information content (AvgIpc) is 3.07. The van der Waals surface area contributed by atoms with Crippen LogP contribution < -0.4 is 14.2 Å². The Morgan fingerprint density at radius 2 is 2.04 bits per heavy atom. The number of fused-ring (bicyclic) bond motifs is 1. The van der Waals surface area contributed by atoms with Crippen molar-refractivity contribution in [3.63, 3.8) is 0 Å². The first-order valence-electron chi connectivity index (χ1n) is 7.72. The van der Waals surface area contributed by atoms with Gasteiger partial charge in [0, 0.05) is 29.7 Å². The molecule has 3 rings (SSSR count). The molecule has 6 heteroatoms. The lowest BCUT2D eigenvalue weighted by Crippen LogP contribution is -2.24. The molecule has 1 aliphatic rings. The number of amides is 1. The fourth-order valence-corrected chi connectivity index (χ4v) is 2.92. The molecule has 0 saturated heterocycles. The molecule has 1 aliphatic heterocycles. The molecule has 0 unspecified atom stereocenters. The summed E-state index contributed by atoms with van der Waals surface area (Å²) in [6, 6.07) is 11.3. The first-order chi connectivity index (χ1) is 12.1. The zero-order valence-corrected chi connectivity index (χ0v) is 15.6. The Morgan fingerprint density at radius 3 is 2.84 bits per heavy atom. The van der Waals surface area contributed by atoms with Crippen molar-refractivity contribution in [2.24, 2.45) is 0 Å². The average molecular weight is 404 g/mol. The molecule has 0 saturated carbocycles. The maximum absolute atomic E-state index is 12.4. The van der Waals surface area contributed by atoms with E-state index < -0.39 is 0 Å². The van der Waals surface area contributed by atoms with E-state index in [1.807, 2.05) is 36.4 Å². The summed E-state index contributed by atoms with van der Waals surface area (Å²) in [7, 11) is 3.38. The lowest BCUT2D eigenvalue weighted by atomic mass is 10.1. The minimum absolute atomic E-state index is 0.0975.